The minimum absolute atomic E-state index is 0.0563. The van der Waals surface area contributed by atoms with Crippen molar-refractivity contribution in [3.8, 4) is 17.2 Å². The highest BCUT2D eigenvalue weighted by Crippen LogP contribution is 2.53. The van der Waals surface area contributed by atoms with Gasteiger partial charge in [-0.3, -0.25) is 9.59 Å². The van der Waals surface area contributed by atoms with Gasteiger partial charge in [0.1, 0.15) is 18.0 Å². The highest BCUT2D eigenvalue weighted by Gasteiger charge is 2.44. The molecule has 5 heterocycles. The molecule has 0 saturated carbocycles. The summed E-state index contributed by atoms with van der Waals surface area (Å²) >= 11 is 0. The Hall–Kier alpha value is -5.98. The van der Waals surface area contributed by atoms with Crippen LogP contribution >= 0.6 is 0 Å². The maximum Gasteiger partial charge on any atom is 0.311 e. The van der Waals surface area contributed by atoms with Crippen molar-refractivity contribution >= 4 is 40.2 Å². The van der Waals surface area contributed by atoms with E-state index in [-0.39, 0.29) is 27.4 Å². The van der Waals surface area contributed by atoms with E-state index in [1.165, 1.54) is 6.92 Å². The standard InChI is InChI=1S/C51H46F7N2O4/c1-9-26-18-33(52)39(54)49(38(26)53)63-34(61)15-14-23(2)46(62)37-36(40(55)42(57)43(58)41(37)56)35-31-19-29-24(3)21-50(5,6)59-16-10-12-27(44(29)59)47(31)64-48-28-13-11-17-60-45(28)30(20-32(35)48)25(4)22-51(60,7)8/h9,18-23H,1,10-17H2,2-8H3/q+1. The summed E-state index contributed by atoms with van der Waals surface area (Å²) in [6.07, 6.45) is 6.53. The van der Waals surface area contributed by atoms with E-state index in [9.17, 15) is 22.8 Å². The summed E-state index contributed by atoms with van der Waals surface area (Å²) in [6.45, 7) is 18.4. The zero-order valence-electron chi connectivity index (χ0n) is 36.6. The van der Waals surface area contributed by atoms with Gasteiger partial charge in [-0.05, 0) is 88.8 Å². The molecule has 0 aliphatic carbocycles. The Morgan fingerprint density at radius 3 is 2.25 bits per heavy atom. The molecule has 6 nitrogen and oxygen atoms in total. The van der Waals surface area contributed by atoms with Crippen LogP contribution in [0.25, 0.3) is 22.8 Å². The predicted molar refractivity (Wildman–Crippen MR) is 230 cm³/mol. The van der Waals surface area contributed by atoms with Crippen molar-refractivity contribution in [1.29, 1.82) is 0 Å². The molecule has 0 radical (unpaired) electrons. The molecule has 13 heteroatoms. The highest BCUT2D eigenvalue weighted by atomic mass is 19.2. The van der Waals surface area contributed by atoms with Gasteiger partial charge < -0.3 is 14.4 Å². The normalized spacial score (nSPS) is 17.9. The average molecular weight is 884 g/mol. The minimum atomic E-state index is -2.20. The van der Waals surface area contributed by atoms with E-state index in [0.29, 0.717) is 30.4 Å². The molecule has 0 aromatic heterocycles. The van der Waals surface area contributed by atoms with Crippen molar-refractivity contribution in [3.05, 3.63) is 133 Å². The van der Waals surface area contributed by atoms with E-state index in [2.05, 4.69) is 55.9 Å². The van der Waals surface area contributed by atoms with Gasteiger partial charge in [0.2, 0.25) is 16.9 Å². The third-order valence-corrected chi connectivity index (χ3v) is 13.5. The molecule has 1 unspecified atom stereocenters. The number of halogens is 7. The van der Waals surface area contributed by atoms with Crippen LogP contribution in [0.3, 0.4) is 0 Å². The van der Waals surface area contributed by atoms with Gasteiger partial charge in [0.05, 0.1) is 22.4 Å². The number of esters is 1. The molecular formula is C51H46F7N2O4+. The van der Waals surface area contributed by atoms with Crippen LogP contribution in [-0.4, -0.2) is 35.9 Å². The zero-order valence-corrected chi connectivity index (χ0v) is 36.6. The maximum atomic E-state index is 17.2. The molecule has 9 rings (SSSR count). The lowest BCUT2D eigenvalue weighted by Gasteiger charge is -2.47. The fourth-order valence-corrected chi connectivity index (χ4v) is 10.6. The number of hydrogen-bond donors (Lipinski definition) is 0. The summed E-state index contributed by atoms with van der Waals surface area (Å²) in [5.41, 5.74) is 3.01. The van der Waals surface area contributed by atoms with Gasteiger partial charge in [0.15, 0.2) is 46.2 Å². The number of anilines is 1. The molecule has 64 heavy (non-hydrogen) atoms. The molecule has 0 saturated heterocycles. The summed E-state index contributed by atoms with van der Waals surface area (Å²) in [5.74, 6) is -17.2. The van der Waals surface area contributed by atoms with Gasteiger partial charge in [-0.2, -0.15) is 4.39 Å². The number of carbonyl (C=O) groups excluding carboxylic acids is 2. The van der Waals surface area contributed by atoms with E-state index in [1.807, 2.05) is 13.8 Å². The molecule has 5 aliphatic rings. The van der Waals surface area contributed by atoms with Gasteiger partial charge in [-0.25, -0.2) is 30.9 Å². The first-order valence-corrected chi connectivity index (χ1v) is 21.5. The second kappa shape index (κ2) is 15.1. The van der Waals surface area contributed by atoms with E-state index >= 15 is 17.6 Å². The molecule has 0 amide bonds. The van der Waals surface area contributed by atoms with Crippen LogP contribution in [0.1, 0.15) is 123 Å². The summed E-state index contributed by atoms with van der Waals surface area (Å²) < 4.78 is 123. The van der Waals surface area contributed by atoms with Crippen LogP contribution in [0, 0.1) is 46.6 Å². The number of fused-ring (bicyclic) bond motifs is 4. The van der Waals surface area contributed by atoms with Crippen LogP contribution < -0.4 is 29.5 Å². The van der Waals surface area contributed by atoms with Crippen LogP contribution in [0.5, 0.6) is 17.2 Å². The van der Waals surface area contributed by atoms with Gasteiger partial charge in [-0.1, -0.05) is 25.7 Å². The number of hydrogen-bond acceptors (Lipinski definition) is 5. The van der Waals surface area contributed by atoms with E-state index in [0.717, 1.165) is 76.5 Å². The number of allylic oxidation sites excluding steroid dienone is 2. The Morgan fingerprint density at radius 2 is 1.53 bits per heavy atom. The molecule has 0 bridgehead atoms. The predicted octanol–water partition coefficient (Wildman–Crippen LogP) is 10.4. The second-order valence-corrected chi connectivity index (χ2v) is 18.6. The molecule has 0 N–H and O–H groups in total. The van der Waals surface area contributed by atoms with Crippen molar-refractivity contribution in [2.45, 2.75) is 98.1 Å². The number of benzene rings is 4. The Labute approximate surface area is 365 Å². The van der Waals surface area contributed by atoms with Crippen molar-refractivity contribution in [3.63, 3.8) is 0 Å². The van der Waals surface area contributed by atoms with Crippen LogP contribution in [0.2, 0.25) is 0 Å². The fraction of sp³-hybridized carbons (Fsp3) is 0.353. The molecule has 332 valence electrons. The van der Waals surface area contributed by atoms with Crippen LogP contribution in [0.4, 0.5) is 36.4 Å². The summed E-state index contributed by atoms with van der Waals surface area (Å²) in [7, 11) is 0. The monoisotopic (exact) mass is 883 g/mol. The van der Waals surface area contributed by atoms with E-state index in [1.54, 1.807) is 12.1 Å². The lowest BCUT2D eigenvalue weighted by molar-refractivity contribution is -0.135. The third kappa shape index (κ3) is 6.38. The van der Waals surface area contributed by atoms with Gasteiger partial charge in [0, 0.05) is 83.3 Å². The summed E-state index contributed by atoms with van der Waals surface area (Å²) in [5, 5.41) is 1.19. The van der Waals surface area contributed by atoms with Crippen molar-refractivity contribution in [2.24, 2.45) is 5.92 Å². The number of ether oxygens (including phenoxy) is 2. The van der Waals surface area contributed by atoms with Crippen molar-refractivity contribution in [2.75, 3.05) is 18.0 Å². The smallest absolute Gasteiger partial charge is 0.311 e. The van der Waals surface area contributed by atoms with Crippen LogP contribution in [0.15, 0.2) is 36.9 Å². The number of ketones is 1. The summed E-state index contributed by atoms with van der Waals surface area (Å²) in [4.78, 5) is 29.9. The minimum Gasteiger partial charge on any atom is -0.455 e. The lowest BCUT2D eigenvalue weighted by atomic mass is 9.78. The first kappa shape index (κ1) is 43.3. The molecular weight excluding hydrogens is 838 g/mol. The lowest BCUT2D eigenvalue weighted by Crippen LogP contribution is -2.53. The van der Waals surface area contributed by atoms with Gasteiger partial charge >= 0.3 is 5.97 Å². The number of Topliss-reactive ketones (excluding diaryl/α,β-unsaturated/α-hetero) is 1. The van der Waals surface area contributed by atoms with Gasteiger partial charge in [0.25, 0.3) is 0 Å². The van der Waals surface area contributed by atoms with Gasteiger partial charge in [-0.15, -0.1) is 0 Å². The Morgan fingerprint density at radius 1 is 0.844 bits per heavy atom. The van der Waals surface area contributed by atoms with Crippen molar-refractivity contribution in [1.82, 2.24) is 4.58 Å². The molecule has 5 aliphatic heterocycles. The second-order valence-electron chi connectivity index (χ2n) is 18.6. The molecule has 1 atom stereocenters. The topological polar surface area (TPSA) is 58.9 Å². The first-order chi connectivity index (χ1) is 30.2. The van der Waals surface area contributed by atoms with Crippen molar-refractivity contribution < 1.29 is 49.8 Å². The number of carbonyl (C=O) groups is 2. The number of rotatable bonds is 8. The highest BCUT2D eigenvalue weighted by molar-refractivity contribution is 6.05. The SMILES string of the molecule is C=Cc1cc(F)c(F)c(OC(=O)CCC(C)C(=O)c2c(F)c(F)c(F)c(F)c2C2=c3cc4c5c(c3Oc3c2cc2c6c3CCCN6C(C)(C)C=C2C)CCC[N+]=5C(C)(C)C=C4C)c1F. The zero-order chi connectivity index (χ0) is 46.1. The van der Waals surface area contributed by atoms with E-state index in [4.69, 9.17) is 9.47 Å². The Kier molecular flexibility index (Phi) is 10.2. The van der Waals surface area contributed by atoms with Crippen LogP contribution in [-0.2, 0) is 17.6 Å². The Bertz CT molecular complexity index is 3040. The fourth-order valence-electron chi connectivity index (χ4n) is 10.6. The first-order valence-electron chi connectivity index (χ1n) is 21.5. The summed E-state index contributed by atoms with van der Waals surface area (Å²) in [6, 6.07) is 4.12. The molecule has 4 aromatic carbocycles. The maximum absolute atomic E-state index is 17.2. The quantitative estimate of drug-likeness (QED) is 0.0296. The largest absolute Gasteiger partial charge is 0.455 e. The molecule has 0 spiro atoms. The third-order valence-electron chi connectivity index (χ3n) is 13.5. The van der Waals surface area contributed by atoms with E-state index < -0.39 is 93.7 Å². The Balaban J connectivity index is 1.27. The molecule has 0 fully saturated rings. The average Bonchev–Trinajstić information content (AvgIpc) is 3.25. The molecule has 4 aromatic rings. The number of nitrogens with zero attached hydrogens (tertiary/aromatic N) is 2.